The Hall–Kier alpha value is -2.48. The van der Waals surface area contributed by atoms with E-state index in [9.17, 15) is 4.79 Å². The van der Waals surface area contributed by atoms with Gasteiger partial charge in [0.2, 0.25) is 5.91 Å². The van der Waals surface area contributed by atoms with Gasteiger partial charge < -0.3 is 19.4 Å². The third-order valence-corrected chi connectivity index (χ3v) is 4.20. The van der Waals surface area contributed by atoms with Crippen molar-refractivity contribution < 1.29 is 14.3 Å². The largest absolute Gasteiger partial charge is 0.497 e. The highest BCUT2D eigenvalue weighted by molar-refractivity contribution is 7.99. The number of methoxy groups -OCH3 is 2. The van der Waals surface area contributed by atoms with Crippen LogP contribution in [0.2, 0.25) is 0 Å². The van der Waals surface area contributed by atoms with E-state index in [1.165, 1.54) is 11.8 Å². The molecule has 0 spiro atoms. The normalized spacial score (nSPS) is 10.3. The second-order valence-electron chi connectivity index (χ2n) is 4.83. The molecule has 1 amide bonds. The number of thioether (sulfide) groups is 1. The molecule has 2 aromatic rings. The van der Waals surface area contributed by atoms with E-state index in [0.29, 0.717) is 28.9 Å². The molecule has 24 heavy (non-hydrogen) atoms. The number of amides is 1. The molecule has 128 valence electrons. The number of benzene rings is 1. The highest BCUT2D eigenvalue weighted by Gasteiger charge is 2.13. The van der Waals surface area contributed by atoms with Crippen LogP contribution in [0, 0.1) is 6.92 Å². The lowest BCUT2D eigenvalue weighted by molar-refractivity contribution is -0.113. The number of ether oxygens (including phenoxy) is 2. The van der Waals surface area contributed by atoms with Crippen molar-refractivity contribution in [3.8, 4) is 11.5 Å². The molecule has 1 aromatic carbocycles. The summed E-state index contributed by atoms with van der Waals surface area (Å²) in [6.45, 7) is 6.18. The lowest BCUT2D eigenvalue weighted by Gasteiger charge is -2.11. The Morgan fingerprint density at radius 1 is 1.38 bits per heavy atom. The molecule has 8 heteroatoms. The fraction of sp³-hybridized carbons (Fsp3) is 0.312. The van der Waals surface area contributed by atoms with E-state index in [-0.39, 0.29) is 11.7 Å². The molecule has 0 aliphatic rings. The molecular formula is C16H20N4O3S. The summed E-state index contributed by atoms with van der Waals surface area (Å²) in [6.07, 6.45) is 1.77. The zero-order valence-electron chi connectivity index (χ0n) is 13.9. The molecule has 0 aliphatic carbocycles. The third kappa shape index (κ3) is 4.29. The Balaban J connectivity index is 2.00. The van der Waals surface area contributed by atoms with Gasteiger partial charge >= 0.3 is 0 Å². The average Bonchev–Trinajstić information content (AvgIpc) is 2.94. The van der Waals surface area contributed by atoms with Crippen molar-refractivity contribution in [2.75, 3.05) is 25.3 Å². The molecule has 7 nitrogen and oxygen atoms in total. The van der Waals surface area contributed by atoms with Gasteiger partial charge in [0.1, 0.15) is 17.3 Å². The van der Waals surface area contributed by atoms with Gasteiger partial charge in [0.05, 0.1) is 25.7 Å². The molecule has 1 N–H and O–H groups in total. The number of hydrogen-bond acceptors (Lipinski definition) is 6. The van der Waals surface area contributed by atoms with Gasteiger partial charge in [0.15, 0.2) is 5.16 Å². The molecule has 0 bridgehead atoms. The van der Waals surface area contributed by atoms with Crippen LogP contribution in [0.25, 0.3) is 0 Å². The average molecular weight is 348 g/mol. The second kappa shape index (κ2) is 8.39. The van der Waals surface area contributed by atoms with Gasteiger partial charge in [-0.15, -0.1) is 16.8 Å². The number of carbonyl (C=O) groups is 1. The number of nitrogens with zero attached hydrogens (tertiary/aromatic N) is 3. The first-order valence-electron chi connectivity index (χ1n) is 7.24. The summed E-state index contributed by atoms with van der Waals surface area (Å²) in [7, 11) is 3.12. The zero-order valence-corrected chi connectivity index (χ0v) is 14.7. The number of hydrogen-bond donors (Lipinski definition) is 1. The summed E-state index contributed by atoms with van der Waals surface area (Å²) in [5, 5.41) is 11.6. The van der Waals surface area contributed by atoms with Gasteiger partial charge in [-0.25, -0.2) is 0 Å². The highest BCUT2D eigenvalue weighted by atomic mass is 32.2. The number of aryl methyl sites for hydroxylation is 1. The fourth-order valence-electron chi connectivity index (χ4n) is 2.03. The van der Waals surface area contributed by atoms with Crippen LogP contribution >= 0.6 is 11.8 Å². The third-order valence-electron chi connectivity index (χ3n) is 3.23. The summed E-state index contributed by atoms with van der Waals surface area (Å²) >= 11 is 1.32. The van der Waals surface area contributed by atoms with Crippen molar-refractivity contribution in [2.24, 2.45) is 0 Å². The SMILES string of the molecule is C=CCn1c(C)nnc1SCC(=O)Nc1ccc(OC)cc1OC. The smallest absolute Gasteiger partial charge is 0.234 e. The Morgan fingerprint density at radius 3 is 2.83 bits per heavy atom. The molecule has 1 heterocycles. The van der Waals surface area contributed by atoms with E-state index >= 15 is 0 Å². The summed E-state index contributed by atoms with van der Waals surface area (Å²) in [4.78, 5) is 12.2. The van der Waals surface area contributed by atoms with Crippen molar-refractivity contribution in [3.63, 3.8) is 0 Å². The van der Waals surface area contributed by atoms with Gasteiger partial charge in [-0.1, -0.05) is 17.8 Å². The molecule has 0 atom stereocenters. The van der Waals surface area contributed by atoms with E-state index in [2.05, 4.69) is 22.1 Å². The predicted octanol–water partition coefficient (Wildman–Crippen LogP) is 2.52. The second-order valence-corrected chi connectivity index (χ2v) is 5.77. The maximum Gasteiger partial charge on any atom is 0.234 e. The van der Waals surface area contributed by atoms with Crippen molar-refractivity contribution >= 4 is 23.4 Å². The van der Waals surface area contributed by atoms with Crippen molar-refractivity contribution in [2.45, 2.75) is 18.6 Å². The molecule has 0 saturated carbocycles. The Kier molecular flexibility index (Phi) is 6.25. The van der Waals surface area contributed by atoms with Crippen molar-refractivity contribution in [3.05, 3.63) is 36.7 Å². The van der Waals surface area contributed by atoms with Gasteiger partial charge in [-0.3, -0.25) is 4.79 Å². The Bertz CT molecular complexity index is 730. The monoisotopic (exact) mass is 348 g/mol. The fourth-order valence-corrected chi connectivity index (χ4v) is 2.82. The van der Waals surface area contributed by atoms with E-state index in [0.717, 1.165) is 5.82 Å². The van der Waals surface area contributed by atoms with Gasteiger partial charge in [-0.05, 0) is 19.1 Å². The van der Waals surface area contributed by atoms with Crippen LogP contribution in [0.15, 0.2) is 36.0 Å². The Labute approximate surface area is 145 Å². The quantitative estimate of drug-likeness (QED) is 0.583. The molecule has 0 radical (unpaired) electrons. The van der Waals surface area contributed by atoms with Gasteiger partial charge in [-0.2, -0.15) is 0 Å². The number of aromatic nitrogens is 3. The summed E-state index contributed by atoms with van der Waals surface area (Å²) in [5.41, 5.74) is 0.590. The first-order valence-corrected chi connectivity index (χ1v) is 8.23. The number of nitrogens with one attached hydrogen (secondary N) is 1. The van der Waals surface area contributed by atoms with Crippen molar-refractivity contribution in [1.29, 1.82) is 0 Å². The van der Waals surface area contributed by atoms with Crippen LogP contribution in [0.4, 0.5) is 5.69 Å². The van der Waals surface area contributed by atoms with Crippen LogP contribution in [-0.4, -0.2) is 40.6 Å². The molecule has 1 aromatic heterocycles. The van der Waals surface area contributed by atoms with Crippen LogP contribution in [0.5, 0.6) is 11.5 Å². The predicted molar refractivity (Wildman–Crippen MR) is 93.9 cm³/mol. The van der Waals surface area contributed by atoms with E-state index in [4.69, 9.17) is 9.47 Å². The molecule has 0 fully saturated rings. The van der Waals surface area contributed by atoms with E-state index in [1.54, 1.807) is 38.5 Å². The lowest BCUT2D eigenvalue weighted by atomic mass is 10.2. The van der Waals surface area contributed by atoms with Crippen molar-refractivity contribution in [1.82, 2.24) is 14.8 Å². The van der Waals surface area contributed by atoms with Crippen LogP contribution in [-0.2, 0) is 11.3 Å². The van der Waals surface area contributed by atoms with Gasteiger partial charge in [0, 0.05) is 12.6 Å². The Morgan fingerprint density at radius 2 is 2.17 bits per heavy atom. The minimum atomic E-state index is -0.158. The van der Waals surface area contributed by atoms with E-state index in [1.807, 2.05) is 11.5 Å². The first-order chi connectivity index (χ1) is 11.6. The number of rotatable bonds is 8. The van der Waals surface area contributed by atoms with Gasteiger partial charge in [0.25, 0.3) is 0 Å². The minimum Gasteiger partial charge on any atom is -0.497 e. The summed E-state index contributed by atoms with van der Waals surface area (Å²) in [5.74, 6) is 2.04. The van der Waals surface area contributed by atoms with Crippen LogP contribution in [0.1, 0.15) is 5.82 Å². The maximum absolute atomic E-state index is 12.2. The summed E-state index contributed by atoms with van der Waals surface area (Å²) in [6, 6.07) is 5.22. The van der Waals surface area contributed by atoms with Crippen LogP contribution in [0.3, 0.4) is 0 Å². The zero-order chi connectivity index (χ0) is 17.5. The standard InChI is InChI=1S/C16H20N4O3S/c1-5-8-20-11(2)18-19-16(20)24-10-15(21)17-13-7-6-12(22-3)9-14(13)23-4/h5-7,9H,1,8,10H2,2-4H3,(H,17,21). The molecule has 0 aliphatic heterocycles. The molecule has 2 rings (SSSR count). The maximum atomic E-state index is 12.2. The van der Waals surface area contributed by atoms with Crippen LogP contribution < -0.4 is 14.8 Å². The topological polar surface area (TPSA) is 78.3 Å². The molecule has 0 saturated heterocycles. The first kappa shape index (κ1) is 17.9. The number of allylic oxidation sites excluding steroid dienone is 1. The number of anilines is 1. The minimum absolute atomic E-state index is 0.158. The lowest BCUT2D eigenvalue weighted by Crippen LogP contribution is -2.15. The summed E-state index contributed by atoms with van der Waals surface area (Å²) < 4.78 is 12.3. The number of carbonyl (C=O) groups excluding carboxylic acids is 1. The molecule has 0 unspecified atom stereocenters. The van der Waals surface area contributed by atoms with E-state index < -0.39 is 0 Å². The molecular weight excluding hydrogens is 328 g/mol. The highest BCUT2D eigenvalue weighted by Crippen LogP contribution is 2.29.